The Labute approximate surface area is 98.1 Å². The van der Waals surface area contributed by atoms with E-state index in [4.69, 9.17) is 9.57 Å². The zero-order valence-electron chi connectivity index (χ0n) is 9.63. The van der Waals surface area contributed by atoms with Crippen molar-refractivity contribution >= 4 is 17.7 Å². The second-order valence-corrected chi connectivity index (χ2v) is 3.78. The van der Waals surface area contributed by atoms with Gasteiger partial charge < -0.3 is 19.6 Å². The highest BCUT2D eigenvalue weighted by molar-refractivity contribution is 6.37. The minimum Gasteiger partial charge on any atom is -0.468 e. The molecule has 17 heavy (non-hydrogen) atoms. The lowest BCUT2D eigenvalue weighted by molar-refractivity contribution is -0.146. The van der Waals surface area contributed by atoms with E-state index in [1.165, 1.54) is 7.11 Å². The van der Waals surface area contributed by atoms with Gasteiger partial charge in [0.1, 0.15) is 6.04 Å². The van der Waals surface area contributed by atoms with E-state index in [9.17, 15) is 9.59 Å². The molecule has 0 amide bonds. The number of hydrogen-bond acceptors (Lipinski definition) is 7. The van der Waals surface area contributed by atoms with Crippen LogP contribution in [0, 0.1) is 5.92 Å². The summed E-state index contributed by atoms with van der Waals surface area (Å²) >= 11 is 0. The summed E-state index contributed by atoms with van der Waals surface area (Å²) < 4.78 is 9.50. The van der Waals surface area contributed by atoms with Crippen LogP contribution in [-0.4, -0.2) is 50.1 Å². The Morgan fingerprint density at radius 1 is 1.59 bits per heavy atom. The lowest BCUT2D eigenvalue weighted by atomic mass is 9.97. The molecule has 0 aromatic heterocycles. The third kappa shape index (κ3) is 1.97. The lowest BCUT2D eigenvalue weighted by Gasteiger charge is -2.13. The largest absolute Gasteiger partial charge is 0.468 e. The third-order valence-electron chi connectivity index (χ3n) is 2.85. The maximum absolute atomic E-state index is 11.6. The highest BCUT2D eigenvalue weighted by Crippen LogP contribution is 2.27. The van der Waals surface area contributed by atoms with Gasteiger partial charge in [0.25, 0.3) is 0 Å². The molecule has 2 aliphatic heterocycles. The third-order valence-corrected chi connectivity index (χ3v) is 2.85. The standard InChI is InChI=1S/C10H14N2O5/c1-3-16-10(14)6-5-4-11-7(9(13)15-2)8(5)17-12-6/h5,7-8,11H,3-4H2,1-2H3/t5-,7-,8+/m0/s1. The molecular formula is C10H14N2O5. The number of nitrogens with one attached hydrogen (secondary N) is 1. The summed E-state index contributed by atoms with van der Waals surface area (Å²) in [5.41, 5.74) is 0.232. The van der Waals surface area contributed by atoms with Crippen LogP contribution in [0.5, 0.6) is 0 Å². The van der Waals surface area contributed by atoms with Crippen molar-refractivity contribution in [2.75, 3.05) is 20.3 Å². The van der Waals surface area contributed by atoms with Crippen molar-refractivity contribution in [3.05, 3.63) is 0 Å². The Hall–Kier alpha value is -1.63. The van der Waals surface area contributed by atoms with Crippen molar-refractivity contribution in [1.29, 1.82) is 0 Å². The summed E-state index contributed by atoms with van der Waals surface area (Å²) in [6, 6.07) is -0.583. The van der Waals surface area contributed by atoms with Gasteiger partial charge in [-0.25, -0.2) is 4.79 Å². The molecule has 7 nitrogen and oxygen atoms in total. The molecule has 0 bridgehead atoms. The van der Waals surface area contributed by atoms with Crippen molar-refractivity contribution in [2.24, 2.45) is 11.1 Å². The summed E-state index contributed by atoms with van der Waals surface area (Å²) in [7, 11) is 1.30. The molecule has 1 saturated heterocycles. The zero-order chi connectivity index (χ0) is 12.4. The van der Waals surface area contributed by atoms with Gasteiger partial charge in [0, 0.05) is 6.54 Å². The first-order chi connectivity index (χ1) is 8.19. The molecule has 94 valence electrons. The van der Waals surface area contributed by atoms with Crippen LogP contribution in [0.15, 0.2) is 5.16 Å². The van der Waals surface area contributed by atoms with E-state index < -0.39 is 24.1 Å². The predicted molar refractivity (Wildman–Crippen MR) is 56.2 cm³/mol. The first-order valence-electron chi connectivity index (χ1n) is 5.41. The van der Waals surface area contributed by atoms with E-state index in [0.717, 1.165) is 0 Å². The summed E-state index contributed by atoms with van der Waals surface area (Å²) in [5, 5.41) is 6.65. The molecule has 2 aliphatic rings. The lowest BCUT2D eigenvalue weighted by Crippen LogP contribution is -2.40. The minimum atomic E-state index is -0.583. The van der Waals surface area contributed by atoms with E-state index in [0.29, 0.717) is 6.54 Å². The summed E-state index contributed by atoms with van der Waals surface area (Å²) in [5.74, 6) is -1.16. The van der Waals surface area contributed by atoms with Gasteiger partial charge in [-0.1, -0.05) is 5.16 Å². The molecule has 7 heteroatoms. The number of fused-ring (bicyclic) bond motifs is 1. The van der Waals surface area contributed by atoms with Crippen LogP contribution in [0.25, 0.3) is 0 Å². The molecule has 1 N–H and O–H groups in total. The van der Waals surface area contributed by atoms with Gasteiger partial charge in [0.15, 0.2) is 11.8 Å². The van der Waals surface area contributed by atoms with Crippen LogP contribution >= 0.6 is 0 Å². The number of esters is 2. The van der Waals surface area contributed by atoms with E-state index in [-0.39, 0.29) is 18.2 Å². The molecule has 2 rings (SSSR count). The first-order valence-corrected chi connectivity index (χ1v) is 5.41. The molecule has 0 aromatic rings. The number of oxime groups is 1. The van der Waals surface area contributed by atoms with Crippen LogP contribution < -0.4 is 5.32 Å². The maximum atomic E-state index is 11.6. The summed E-state index contributed by atoms with van der Waals surface area (Å²) in [4.78, 5) is 28.1. The molecule has 1 fully saturated rings. The fourth-order valence-electron chi connectivity index (χ4n) is 2.03. The second kappa shape index (κ2) is 4.70. The first kappa shape index (κ1) is 11.8. The molecule has 0 aromatic carbocycles. The Morgan fingerprint density at radius 2 is 2.35 bits per heavy atom. The quantitative estimate of drug-likeness (QED) is 0.643. The van der Waals surface area contributed by atoms with Crippen molar-refractivity contribution in [1.82, 2.24) is 5.32 Å². The van der Waals surface area contributed by atoms with Crippen LogP contribution in [0.3, 0.4) is 0 Å². The van der Waals surface area contributed by atoms with E-state index in [1.54, 1.807) is 6.92 Å². The average Bonchev–Trinajstić information content (AvgIpc) is 2.88. The normalized spacial score (nSPS) is 30.2. The van der Waals surface area contributed by atoms with Gasteiger partial charge in [-0.2, -0.15) is 0 Å². The van der Waals surface area contributed by atoms with E-state index in [2.05, 4.69) is 15.2 Å². The van der Waals surface area contributed by atoms with Crippen LogP contribution in [-0.2, 0) is 23.9 Å². The van der Waals surface area contributed by atoms with Gasteiger partial charge >= 0.3 is 11.9 Å². The molecule has 0 aliphatic carbocycles. The molecular weight excluding hydrogens is 228 g/mol. The van der Waals surface area contributed by atoms with Crippen LogP contribution in [0.4, 0.5) is 0 Å². The molecule has 0 spiro atoms. The Morgan fingerprint density at radius 3 is 3.00 bits per heavy atom. The molecule has 0 saturated carbocycles. The predicted octanol–water partition coefficient (Wildman–Crippen LogP) is -0.935. The zero-order valence-corrected chi connectivity index (χ0v) is 9.63. The van der Waals surface area contributed by atoms with E-state index >= 15 is 0 Å². The van der Waals surface area contributed by atoms with Crippen LogP contribution in [0.1, 0.15) is 6.92 Å². The summed E-state index contributed by atoms with van der Waals surface area (Å²) in [6.07, 6.45) is -0.484. The summed E-state index contributed by atoms with van der Waals surface area (Å²) in [6.45, 7) is 2.45. The fourth-order valence-corrected chi connectivity index (χ4v) is 2.03. The Kier molecular flexibility index (Phi) is 3.28. The number of rotatable bonds is 3. The highest BCUT2D eigenvalue weighted by atomic mass is 16.7. The van der Waals surface area contributed by atoms with Crippen LogP contribution in [0.2, 0.25) is 0 Å². The van der Waals surface area contributed by atoms with Crippen molar-refractivity contribution < 1.29 is 23.9 Å². The maximum Gasteiger partial charge on any atom is 0.356 e. The van der Waals surface area contributed by atoms with Gasteiger partial charge in [-0.05, 0) is 6.92 Å². The average molecular weight is 242 g/mol. The van der Waals surface area contributed by atoms with E-state index in [1.807, 2.05) is 0 Å². The number of carbonyl (C=O) groups excluding carboxylic acids is 2. The molecule has 0 radical (unpaired) electrons. The SMILES string of the molecule is CCOC(=O)C1=NO[C@H]2[C@@H](C(=O)OC)NC[C@@H]12. The van der Waals surface area contributed by atoms with Gasteiger partial charge in [0.2, 0.25) is 0 Å². The highest BCUT2D eigenvalue weighted by Gasteiger charge is 2.50. The fraction of sp³-hybridized carbons (Fsp3) is 0.700. The minimum absolute atomic E-state index is 0.232. The molecule has 3 atom stereocenters. The monoisotopic (exact) mass is 242 g/mol. The smallest absolute Gasteiger partial charge is 0.356 e. The number of methoxy groups -OCH3 is 1. The van der Waals surface area contributed by atoms with Gasteiger partial charge in [0.05, 0.1) is 19.6 Å². The van der Waals surface area contributed by atoms with Crippen molar-refractivity contribution in [2.45, 2.75) is 19.1 Å². The number of nitrogens with zero attached hydrogens (tertiary/aromatic N) is 1. The second-order valence-electron chi connectivity index (χ2n) is 3.78. The molecule has 2 heterocycles. The number of carbonyl (C=O) groups is 2. The Bertz CT molecular complexity index is 368. The van der Waals surface area contributed by atoms with Gasteiger partial charge in [-0.15, -0.1) is 0 Å². The Balaban J connectivity index is 2.05. The van der Waals surface area contributed by atoms with Crippen molar-refractivity contribution in [3.63, 3.8) is 0 Å². The number of ether oxygens (including phenoxy) is 2. The van der Waals surface area contributed by atoms with Crippen molar-refractivity contribution in [3.8, 4) is 0 Å². The number of hydrogen-bond donors (Lipinski definition) is 1. The van der Waals surface area contributed by atoms with Gasteiger partial charge in [-0.3, -0.25) is 4.79 Å². The topological polar surface area (TPSA) is 86.2 Å². The molecule has 0 unspecified atom stereocenters.